The smallest absolute Gasteiger partial charge is 0.259 e. The Labute approximate surface area is 170 Å². The van der Waals surface area contributed by atoms with E-state index in [2.05, 4.69) is 21.9 Å². The fourth-order valence-electron chi connectivity index (χ4n) is 2.94. The molecule has 0 spiro atoms. The number of rotatable bonds is 8. The van der Waals surface area contributed by atoms with Gasteiger partial charge in [-0.3, -0.25) is 4.79 Å². The lowest BCUT2D eigenvalue weighted by molar-refractivity contribution is -0.119. The third-order valence-electron chi connectivity index (χ3n) is 4.57. The van der Waals surface area contributed by atoms with Gasteiger partial charge in [-0.2, -0.15) is 5.10 Å². The van der Waals surface area contributed by atoms with Crippen LogP contribution in [0.1, 0.15) is 18.9 Å². The van der Waals surface area contributed by atoms with Crippen molar-refractivity contribution in [2.75, 3.05) is 26.1 Å². The average Bonchev–Trinajstić information content (AvgIpc) is 2.78. The molecule has 3 aromatic carbocycles. The van der Waals surface area contributed by atoms with Crippen LogP contribution in [0.5, 0.6) is 11.5 Å². The first-order chi connectivity index (χ1) is 14.1. The number of anilines is 1. The van der Waals surface area contributed by atoms with Gasteiger partial charge in [0.1, 0.15) is 11.5 Å². The van der Waals surface area contributed by atoms with E-state index < -0.39 is 0 Å². The van der Waals surface area contributed by atoms with Gasteiger partial charge in [-0.1, -0.05) is 25.1 Å². The molecule has 1 amide bonds. The molecule has 0 bridgehead atoms. The minimum atomic E-state index is -0.211. The summed E-state index contributed by atoms with van der Waals surface area (Å²) in [4.78, 5) is 12.2. The van der Waals surface area contributed by atoms with E-state index >= 15 is 0 Å². The first kappa shape index (κ1) is 20.2. The Balaban J connectivity index is 1.64. The summed E-state index contributed by atoms with van der Waals surface area (Å²) < 4.78 is 10.4. The van der Waals surface area contributed by atoms with E-state index in [1.165, 1.54) is 0 Å². The summed E-state index contributed by atoms with van der Waals surface area (Å²) in [7, 11) is 3.27. The van der Waals surface area contributed by atoms with E-state index in [0.29, 0.717) is 6.42 Å². The molecule has 0 aliphatic heterocycles. The van der Waals surface area contributed by atoms with Crippen LogP contribution in [0, 0.1) is 0 Å². The molecule has 6 heteroatoms. The molecule has 0 saturated heterocycles. The van der Waals surface area contributed by atoms with E-state index in [4.69, 9.17) is 9.47 Å². The fourth-order valence-corrected chi connectivity index (χ4v) is 2.94. The molecule has 0 unspecified atom stereocenters. The van der Waals surface area contributed by atoms with Gasteiger partial charge in [0, 0.05) is 5.69 Å². The minimum Gasteiger partial charge on any atom is -0.497 e. The zero-order valence-electron chi connectivity index (χ0n) is 16.9. The highest BCUT2D eigenvalue weighted by molar-refractivity contribution is 6.03. The topological polar surface area (TPSA) is 72.0 Å². The van der Waals surface area contributed by atoms with E-state index in [1.54, 1.807) is 14.2 Å². The number of benzene rings is 3. The molecule has 0 radical (unpaired) electrons. The summed E-state index contributed by atoms with van der Waals surface area (Å²) in [6, 6.07) is 19.4. The largest absolute Gasteiger partial charge is 0.497 e. The van der Waals surface area contributed by atoms with Crippen molar-refractivity contribution in [3.63, 3.8) is 0 Å². The summed E-state index contributed by atoms with van der Waals surface area (Å²) in [5.41, 5.74) is 5.27. The van der Waals surface area contributed by atoms with Crippen LogP contribution in [0.25, 0.3) is 10.8 Å². The second-order valence-corrected chi connectivity index (χ2v) is 6.46. The van der Waals surface area contributed by atoms with E-state index in [9.17, 15) is 4.79 Å². The number of fused-ring (bicyclic) bond motifs is 1. The van der Waals surface area contributed by atoms with Crippen molar-refractivity contribution < 1.29 is 14.3 Å². The molecule has 0 fully saturated rings. The van der Waals surface area contributed by atoms with Crippen molar-refractivity contribution in [1.29, 1.82) is 0 Å². The summed E-state index contributed by atoms with van der Waals surface area (Å²) in [6.07, 6.45) is 0.702. The maximum absolute atomic E-state index is 12.2. The van der Waals surface area contributed by atoms with E-state index in [1.807, 2.05) is 61.5 Å². The Morgan fingerprint density at radius 2 is 1.55 bits per heavy atom. The molecular formula is C23H25N3O3. The molecule has 0 aliphatic rings. The number of hydrogen-bond acceptors (Lipinski definition) is 5. The Hall–Kier alpha value is -3.54. The highest BCUT2D eigenvalue weighted by atomic mass is 16.5. The van der Waals surface area contributed by atoms with Gasteiger partial charge in [0.15, 0.2) is 0 Å². The number of carbonyl (C=O) groups excluding carboxylic acids is 1. The molecule has 0 saturated carbocycles. The molecule has 6 nitrogen and oxygen atoms in total. The van der Waals surface area contributed by atoms with Crippen molar-refractivity contribution in [2.24, 2.45) is 5.10 Å². The molecule has 29 heavy (non-hydrogen) atoms. The Morgan fingerprint density at radius 1 is 0.897 bits per heavy atom. The molecule has 150 valence electrons. The number of carbonyl (C=O) groups is 1. The number of nitrogens with one attached hydrogen (secondary N) is 2. The van der Waals surface area contributed by atoms with Crippen LogP contribution in [-0.2, 0) is 4.79 Å². The molecular weight excluding hydrogens is 366 g/mol. The van der Waals surface area contributed by atoms with Gasteiger partial charge in [0.2, 0.25) is 0 Å². The van der Waals surface area contributed by atoms with Crippen molar-refractivity contribution in [1.82, 2.24) is 5.43 Å². The number of hydrazone groups is 1. The third-order valence-corrected chi connectivity index (χ3v) is 4.57. The maximum Gasteiger partial charge on any atom is 0.259 e. The van der Waals surface area contributed by atoms with Gasteiger partial charge in [0.05, 0.1) is 26.5 Å². The highest BCUT2D eigenvalue weighted by Gasteiger charge is 2.06. The lowest BCUT2D eigenvalue weighted by Gasteiger charge is -2.09. The Kier molecular flexibility index (Phi) is 6.68. The van der Waals surface area contributed by atoms with Crippen LogP contribution >= 0.6 is 0 Å². The monoisotopic (exact) mass is 391 g/mol. The summed E-state index contributed by atoms with van der Waals surface area (Å²) in [6.45, 7) is 2.14. The SMILES string of the molecule is CC/C(=N/NC(=O)CNc1ccc(OC)cc1)c1ccc2cc(OC)ccc2c1. The second-order valence-electron chi connectivity index (χ2n) is 6.46. The second kappa shape index (κ2) is 9.59. The molecule has 0 atom stereocenters. The summed E-state index contributed by atoms with van der Waals surface area (Å²) >= 11 is 0. The predicted octanol–water partition coefficient (Wildman–Crippen LogP) is 4.20. The molecule has 0 aliphatic carbocycles. The van der Waals surface area contributed by atoms with Crippen LogP contribution in [0.15, 0.2) is 65.8 Å². The van der Waals surface area contributed by atoms with Crippen molar-refractivity contribution in [2.45, 2.75) is 13.3 Å². The van der Waals surface area contributed by atoms with Gasteiger partial charge in [0.25, 0.3) is 5.91 Å². The Morgan fingerprint density at radius 3 is 2.24 bits per heavy atom. The van der Waals surface area contributed by atoms with Crippen LogP contribution in [0.4, 0.5) is 5.69 Å². The van der Waals surface area contributed by atoms with Gasteiger partial charge >= 0.3 is 0 Å². The highest BCUT2D eigenvalue weighted by Crippen LogP contribution is 2.22. The number of amides is 1. The fraction of sp³-hybridized carbons (Fsp3) is 0.217. The molecule has 3 aromatic rings. The first-order valence-electron chi connectivity index (χ1n) is 9.44. The summed E-state index contributed by atoms with van der Waals surface area (Å²) in [5.74, 6) is 1.38. The lowest BCUT2D eigenvalue weighted by atomic mass is 10.0. The van der Waals surface area contributed by atoms with Gasteiger partial charge in [-0.25, -0.2) is 5.43 Å². The number of methoxy groups -OCH3 is 2. The summed E-state index contributed by atoms with van der Waals surface area (Å²) in [5, 5.41) is 9.58. The van der Waals surface area contributed by atoms with Crippen LogP contribution in [0.2, 0.25) is 0 Å². The van der Waals surface area contributed by atoms with Crippen molar-refractivity contribution >= 4 is 28.1 Å². The van der Waals surface area contributed by atoms with Crippen LogP contribution in [0.3, 0.4) is 0 Å². The molecule has 2 N–H and O–H groups in total. The maximum atomic E-state index is 12.2. The van der Waals surface area contributed by atoms with E-state index in [-0.39, 0.29) is 12.5 Å². The number of hydrogen-bond donors (Lipinski definition) is 2. The predicted molar refractivity (Wildman–Crippen MR) is 117 cm³/mol. The molecule has 0 aromatic heterocycles. The van der Waals surface area contributed by atoms with Gasteiger partial charge < -0.3 is 14.8 Å². The normalized spacial score (nSPS) is 11.2. The third kappa shape index (κ3) is 5.25. The van der Waals surface area contributed by atoms with Gasteiger partial charge in [-0.15, -0.1) is 0 Å². The first-order valence-corrected chi connectivity index (χ1v) is 9.44. The standard InChI is InChI=1S/C23H25N3O3/c1-4-22(18-6-5-17-14-21(29-3)10-7-16(17)13-18)25-26-23(27)15-24-19-8-11-20(28-2)12-9-19/h5-14,24H,4,15H2,1-3H3,(H,26,27)/b25-22-. The van der Waals surface area contributed by atoms with E-state index in [0.717, 1.165) is 39.2 Å². The molecule has 0 heterocycles. The quantitative estimate of drug-likeness (QED) is 0.446. The number of nitrogens with zero attached hydrogens (tertiary/aromatic N) is 1. The number of ether oxygens (including phenoxy) is 2. The van der Waals surface area contributed by atoms with Crippen molar-refractivity contribution in [3.05, 3.63) is 66.2 Å². The Bertz CT molecular complexity index is 1010. The minimum absolute atomic E-state index is 0.129. The molecule has 3 rings (SSSR count). The van der Waals surface area contributed by atoms with Crippen LogP contribution in [-0.4, -0.2) is 32.4 Å². The van der Waals surface area contributed by atoms with Gasteiger partial charge in [-0.05, 0) is 65.2 Å². The van der Waals surface area contributed by atoms with Crippen molar-refractivity contribution in [3.8, 4) is 11.5 Å². The zero-order chi connectivity index (χ0) is 20.6. The lowest BCUT2D eigenvalue weighted by Crippen LogP contribution is -2.27. The average molecular weight is 391 g/mol. The zero-order valence-corrected chi connectivity index (χ0v) is 16.9. The van der Waals surface area contributed by atoms with Crippen LogP contribution < -0.4 is 20.2 Å².